The minimum absolute atomic E-state index is 0.0109. The Hall–Kier alpha value is -1.85. The van der Waals surface area contributed by atoms with Gasteiger partial charge < -0.3 is 14.9 Å². The SMILES string of the molecule is Nc1ccc2c(=O)cc(CCN3CCOCC3)cc-2o1. The highest BCUT2D eigenvalue weighted by Crippen LogP contribution is 2.22. The summed E-state index contributed by atoms with van der Waals surface area (Å²) >= 11 is 0. The van der Waals surface area contributed by atoms with Crippen LogP contribution in [0.1, 0.15) is 5.56 Å². The summed E-state index contributed by atoms with van der Waals surface area (Å²) in [5.74, 6) is 0.886. The second-order valence-corrected chi connectivity index (χ2v) is 5.05. The number of nitrogen functional groups attached to an aromatic ring is 1. The summed E-state index contributed by atoms with van der Waals surface area (Å²) in [7, 11) is 0. The van der Waals surface area contributed by atoms with Crippen LogP contribution in [-0.2, 0) is 11.2 Å². The maximum Gasteiger partial charge on any atom is 0.190 e. The largest absolute Gasteiger partial charge is 0.441 e. The first kappa shape index (κ1) is 13.1. The Kier molecular flexibility index (Phi) is 3.71. The van der Waals surface area contributed by atoms with E-state index in [4.69, 9.17) is 14.9 Å². The summed E-state index contributed by atoms with van der Waals surface area (Å²) in [6.45, 7) is 4.41. The van der Waals surface area contributed by atoms with Crippen LogP contribution in [0.2, 0.25) is 0 Å². The van der Waals surface area contributed by atoms with Gasteiger partial charge in [-0.1, -0.05) is 0 Å². The van der Waals surface area contributed by atoms with Crippen molar-refractivity contribution in [3.05, 3.63) is 40.1 Å². The molecule has 0 atom stereocenters. The maximum atomic E-state index is 12.0. The fraction of sp³-hybridized carbons (Fsp3) is 0.400. The molecule has 2 N–H and O–H groups in total. The van der Waals surface area contributed by atoms with Crippen LogP contribution in [0.15, 0.2) is 33.5 Å². The Morgan fingerprint density at radius 3 is 2.80 bits per heavy atom. The van der Waals surface area contributed by atoms with E-state index in [-0.39, 0.29) is 5.43 Å². The normalized spacial score (nSPS) is 16.6. The van der Waals surface area contributed by atoms with E-state index >= 15 is 0 Å². The number of hydrogen-bond donors (Lipinski definition) is 1. The molecule has 5 nitrogen and oxygen atoms in total. The number of fused-ring (bicyclic) bond motifs is 1. The lowest BCUT2D eigenvalue weighted by Crippen LogP contribution is -2.37. The van der Waals surface area contributed by atoms with Crippen molar-refractivity contribution < 1.29 is 9.15 Å². The van der Waals surface area contributed by atoms with Crippen molar-refractivity contribution in [2.75, 3.05) is 38.6 Å². The summed E-state index contributed by atoms with van der Waals surface area (Å²) in [5, 5.41) is 0. The smallest absolute Gasteiger partial charge is 0.190 e. The van der Waals surface area contributed by atoms with Gasteiger partial charge in [0.2, 0.25) is 0 Å². The molecule has 1 fully saturated rings. The highest BCUT2D eigenvalue weighted by atomic mass is 16.5. The molecular formula is C15H18N2O3. The number of morpholine rings is 1. The van der Waals surface area contributed by atoms with Crippen LogP contribution in [0.3, 0.4) is 0 Å². The van der Waals surface area contributed by atoms with E-state index in [2.05, 4.69) is 4.90 Å². The van der Waals surface area contributed by atoms with Crippen molar-refractivity contribution in [3.63, 3.8) is 0 Å². The van der Waals surface area contributed by atoms with Crippen molar-refractivity contribution >= 4 is 5.88 Å². The third kappa shape index (κ3) is 2.84. The van der Waals surface area contributed by atoms with Gasteiger partial charge in [-0.15, -0.1) is 0 Å². The summed E-state index contributed by atoms with van der Waals surface area (Å²) < 4.78 is 10.7. The van der Waals surface area contributed by atoms with Crippen molar-refractivity contribution in [3.8, 4) is 11.3 Å². The number of rotatable bonds is 3. The summed E-state index contributed by atoms with van der Waals surface area (Å²) in [4.78, 5) is 14.4. The minimum Gasteiger partial charge on any atom is -0.441 e. The van der Waals surface area contributed by atoms with Gasteiger partial charge in [0.05, 0.1) is 18.8 Å². The molecule has 2 aliphatic heterocycles. The van der Waals surface area contributed by atoms with Crippen LogP contribution in [0.5, 0.6) is 0 Å². The second kappa shape index (κ2) is 5.64. The molecule has 3 rings (SSSR count). The van der Waals surface area contributed by atoms with Crippen molar-refractivity contribution in [2.45, 2.75) is 6.42 Å². The van der Waals surface area contributed by atoms with Crippen LogP contribution < -0.4 is 11.2 Å². The molecule has 0 unspecified atom stereocenters. The second-order valence-electron chi connectivity index (χ2n) is 5.05. The van der Waals surface area contributed by atoms with Gasteiger partial charge in [-0.3, -0.25) is 9.69 Å². The number of anilines is 1. The highest BCUT2D eigenvalue weighted by molar-refractivity contribution is 5.61. The fourth-order valence-electron chi connectivity index (χ4n) is 2.49. The van der Waals surface area contributed by atoms with E-state index < -0.39 is 0 Å². The molecule has 0 saturated carbocycles. The van der Waals surface area contributed by atoms with Crippen molar-refractivity contribution in [2.24, 2.45) is 0 Å². The van der Waals surface area contributed by atoms with Crippen molar-refractivity contribution in [1.29, 1.82) is 0 Å². The van der Waals surface area contributed by atoms with Crippen molar-refractivity contribution in [1.82, 2.24) is 4.90 Å². The molecule has 0 bridgehead atoms. The Morgan fingerprint density at radius 2 is 2.00 bits per heavy atom. The molecule has 0 aromatic heterocycles. The van der Waals surface area contributed by atoms with Gasteiger partial charge in [-0.25, -0.2) is 0 Å². The van der Waals surface area contributed by atoms with E-state index in [1.807, 2.05) is 6.07 Å². The molecule has 0 aromatic carbocycles. The van der Waals surface area contributed by atoms with Crippen LogP contribution in [0.4, 0.5) is 5.88 Å². The Bertz CT molecular complexity index is 617. The van der Waals surface area contributed by atoms with E-state index in [1.165, 1.54) is 0 Å². The molecule has 0 radical (unpaired) electrons. The number of nitrogens with zero attached hydrogens (tertiary/aromatic N) is 1. The number of hydrogen-bond acceptors (Lipinski definition) is 5. The zero-order valence-electron chi connectivity index (χ0n) is 11.3. The molecule has 0 amide bonds. The molecular weight excluding hydrogens is 256 g/mol. The van der Waals surface area contributed by atoms with Gasteiger partial charge in [0.25, 0.3) is 0 Å². The lowest BCUT2D eigenvalue weighted by molar-refractivity contribution is 0.0384. The van der Waals surface area contributed by atoms with Crippen LogP contribution in [-0.4, -0.2) is 37.7 Å². The Balaban J connectivity index is 1.78. The predicted octanol–water partition coefficient (Wildman–Crippen LogP) is 1.20. The first-order chi connectivity index (χ1) is 9.72. The predicted molar refractivity (Wildman–Crippen MR) is 77.0 cm³/mol. The molecule has 5 heteroatoms. The van der Waals surface area contributed by atoms with Gasteiger partial charge >= 0.3 is 0 Å². The summed E-state index contributed by atoms with van der Waals surface area (Å²) in [5.41, 5.74) is 7.18. The molecule has 20 heavy (non-hydrogen) atoms. The Labute approximate surface area is 117 Å². The average Bonchev–Trinajstić information content (AvgIpc) is 2.46. The number of ether oxygens (including phenoxy) is 1. The Morgan fingerprint density at radius 1 is 1.20 bits per heavy atom. The molecule has 106 valence electrons. The third-order valence-electron chi connectivity index (χ3n) is 3.63. The van der Waals surface area contributed by atoms with Gasteiger partial charge in [-0.2, -0.15) is 0 Å². The maximum absolute atomic E-state index is 12.0. The third-order valence-corrected chi connectivity index (χ3v) is 3.63. The first-order valence-corrected chi connectivity index (χ1v) is 6.85. The molecule has 3 aliphatic rings. The molecule has 0 aromatic rings. The molecule has 1 aliphatic carbocycles. The molecule has 1 saturated heterocycles. The molecule has 0 spiro atoms. The molecule has 2 heterocycles. The van der Waals surface area contributed by atoms with Crippen LogP contribution in [0.25, 0.3) is 11.3 Å². The van der Waals surface area contributed by atoms with E-state index in [0.29, 0.717) is 17.2 Å². The monoisotopic (exact) mass is 274 g/mol. The highest BCUT2D eigenvalue weighted by Gasteiger charge is 2.13. The lowest BCUT2D eigenvalue weighted by Gasteiger charge is -2.26. The van der Waals surface area contributed by atoms with Gasteiger partial charge in [-0.05, 0) is 36.2 Å². The lowest BCUT2D eigenvalue weighted by atomic mass is 10.0. The fourth-order valence-corrected chi connectivity index (χ4v) is 2.49. The topological polar surface area (TPSA) is 68.7 Å². The van der Waals surface area contributed by atoms with E-state index in [0.717, 1.165) is 44.8 Å². The van der Waals surface area contributed by atoms with Gasteiger partial charge in [0.1, 0.15) is 5.76 Å². The van der Waals surface area contributed by atoms with E-state index in [1.54, 1.807) is 18.2 Å². The summed E-state index contributed by atoms with van der Waals surface area (Å²) in [6, 6.07) is 6.92. The average molecular weight is 274 g/mol. The number of nitrogens with two attached hydrogens (primary N) is 1. The minimum atomic E-state index is -0.0109. The van der Waals surface area contributed by atoms with Crippen LogP contribution in [0, 0.1) is 0 Å². The van der Waals surface area contributed by atoms with Gasteiger partial charge in [0, 0.05) is 19.6 Å². The standard InChI is InChI=1S/C15H18N2O3/c16-15-2-1-12-13(18)9-11(10-14(12)20-15)3-4-17-5-7-19-8-6-17/h1-2,9-10H,3-8,16H2. The van der Waals surface area contributed by atoms with Crippen LogP contribution >= 0.6 is 0 Å². The zero-order valence-corrected chi connectivity index (χ0v) is 11.3. The van der Waals surface area contributed by atoms with Gasteiger partial charge in [0.15, 0.2) is 11.3 Å². The summed E-state index contributed by atoms with van der Waals surface area (Å²) in [6.07, 6.45) is 0.829. The number of benzene rings is 1. The van der Waals surface area contributed by atoms with E-state index in [9.17, 15) is 4.79 Å². The first-order valence-electron chi connectivity index (χ1n) is 6.85. The zero-order chi connectivity index (χ0) is 13.9. The quantitative estimate of drug-likeness (QED) is 0.911.